The molecule has 0 radical (unpaired) electrons. The normalized spacial score (nSPS) is 19.9. The number of benzene rings is 1. The van der Waals surface area contributed by atoms with Crippen molar-refractivity contribution in [2.75, 3.05) is 18.0 Å². The number of nitrogens with one attached hydrogen (secondary N) is 2. The Hall–Kier alpha value is -2.71. The van der Waals surface area contributed by atoms with Gasteiger partial charge in [-0.2, -0.15) is 0 Å². The number of rotatable bonds is 5. The second kappa shape index (κ2) is 7.42. The third-order valence-electron chi connectivity index (χ3n) is 7.33. The van der Waals surface area contributed by atoms with Gasteiger partial charge in [0.2, 0.25) is 0 Å². The number of imidazole rings is 1. The molecular formula is C24H32N6OS. The third-order valence-corrected chi connectivity index (χ3v) is 8.51. The lowest BCUT2D eigenvalue weighted by Crippen LogP contribution is -2.56. The molecule has 7 nitrogen and oxygen atoms in total. The van der Waals surface area contributed by atoms with E-state index >= 15 is 0 Å². The molecule has 4 aromatic rings. The second-order valence-corrected chi connectivity index (χ2v) is 10.6. The summed E-state index contributed by atoms with van der Waals surface area (Å²) in [6.45, 7) is 5.20. The summed E-state index contributed by atoms with van der Waals surface area (Å²) >= 11 is 1.79. The molecule has 0 amide bonds. The van der Waals surface area contributed by atoms with Gasteiger partial charge < -0.3 is 15.2 Å². The highest BCUT2D eigenvalue weighted by molar-refractivity contribution is 7.18. The van der Waals surface area contributed by atoms with Gasteiger partial charge in [0.1, 0.15) is 17.0 Å². The number of hydrogen-bond acceptors (Lipinski definition) is 6. The molecule has 1 atom stereocenters. The Morgan fingerprint density at radius 1 is 1.31 bits per heavy atom. The SMILES string of the molecule is CCc1cc2c(N3CC4(CCC(NCc5ccc6c(c5)[nH]c(=O)n6C)C4)C3)ncnc2s1.[HH].[HH]. The zero-order chi connectivity index (χ0) is 21.9. The third kappa shape index (κ3) is 3.24. The van der Waals surface area contributed by atoms with E-state index in [1.54, 1.807) is 29.3 Å². The molecule has 1 spiro atoms. The molecular weight excluding hydrogens is 420 g/mol. The highest BCUT2D eigenvalue weighted by atomic mass is 32.1. The summed E-state index contributed by atoms with van der Waals surface area (Å²) < 4.78 is 1.65. The molecule has 8 heteroatoms. The Kier molecular flexibility index (Phi) is 4.62. The molecule has 0 bridgehead atoms. The molecule has 2 N–H and O–H groups in total. The molecule has 32 heavy (non-hydrogen) atoms. The number of aromatic nitrogens is 4. The number of nitrogens with zero attached hydrogens (tertiary/aromatic N) is 4. The van der Waals surface area contributed by atoms with Gasteiger partial charge in [0.15, 0.2) is 0 Å². The molecule has 1 saturated carbocycles. The monoisotopic (exact) mass is 452 g/mol. The molecule has 1 aliphatic carbocycles. The fourth-order valence-corrected chi connectivity index (χ4v) is 6.49. The second-order valence-electron chi connectivity index (χ2n) is 9.50. The molecule has 2 aliphatic rings. The first kappa shape index (κ1) is 19.9. The van der Waals surface area contributed by atoms with E-state index in [4.69, 9.17) is 0 Å². The first-order valence-electron chi connectivity index (χ1n) is 11.4. The summed E-state index contributed by atoms with van der Waals surface area (Å²) in [4.78, 5) is 28.8. The maximum Gasteiger partial charge on any atom is 0.326 e. The van der Waals surface area contributed by atoms with Crippen LogP contribution in [-0.2, 0) is 20.0 Å². The van der Waals surface area contributed by atoms with Crippen LogP contribution in [0.3, 0.4) is 0 Å². The molecule has 3 aromatic heterocycles. The van der Waals surface area contributed by atoms with E-state index in [2.05, 4.69) is 50.3 Å². The van der Waals surface area contributed by atoms with Gasteiger partial charge in [-0.25, -0.2) is 14.8 Å². The molecule has 1 aliphatic heterocycles. The quantitative estimate of drug-likeness (QED) is 0.477. The summed E-state index contributed by atoms with van der Waals surface area (Å²) in [5.74, 6) is 1.11. The van der Waals surface area contributed by atoms with Crippen molar-refractivity contribution in [3.05, 3.63) is 51.5 Å². The number of aryl methyl sites for hydroxylation is 2. The van der Waals surface area contributed by atoms with Gasteiger partial charge >= 0.3 is 5.69 Å². The lowest BCUT2D eigenvalue weighted by molar-refractivity contribution is 0.214. The lowest BCUT2D eigenvalue weighted by atomic mass is 9.78. The lowest BCUT2D eigenvalue weighted by Gasteiger charge is -2.49. The summed E-state index contributed by atoms with van der Waals surface area (Å²) in [6.07, 6.45) is 6.46. The van der Waals surface area contributed by atoms with Gasteiger partial charge in [-0.3, -0.25) is 4.57 Å². The van der Waals surface area contributed by atoms with Gasteiger partial charge in [0.05, 0.1) is 16.4 Å². The van der Waals surface area contributed by atoms with Crippen molar-refractivity contribution in [3.63, 3.8) is 0 Å². The van der Waals surface area contributed by atoms with Crippen molar-refractivity contribution in [1.82, 2.24) is 24.8 Å². The van der Waals surface area contributed by atoms with Crippen molar-refractivity contribution < 1.29 is 2.85 Å². The average molecular weight is 453 g/mol. The Balaban J connectivity index is 0.00000137. The van der Waals surface area contributed by atoms with Crippen LogP contribution in [0.2, 0.25) is 0 Å². The summed E-state index contributed by atoms with van der Waals surface area (Å²) in [6, 6.07) is 9.05. The minimum absolute atomic E-state index is 0. The predicted molar refractivity (Wildman–Crippen MR) is 134 cm³/mol. The van der Waals surface area contributed by atoms with E-state index in [0.717, 1.165) is 47.7 Å². The van der Waals surface area contributed by atoms with Crippen LogP contribution in [-0.4, -0.2) is 38.7 Å². The molecule has 6 rings (SSSR count). The van der Waals surface area contributed by atoms with Crippen LogP contribution in [0.15, 0.2) is 35.4 Å². The number of H-pyrrole nitrogens is 1. The van der Waals surface area contributed by atoms with Crippen molar-refractivity contribution in [2.45, 2.75) is 45.2 Å². The standard InChI is InChI=1S/C24H28N6OS.2H2/c1-3-17-9-18-21(26-14-27-22(18)32-17)30-12-24(13-30)7-6-16(10-24)25-11-15-4-5-20-19(8-15)28-23(31)29(20)2;;/h4-5,8-9,14,16,25H,3,6-7,10-13H2,1-2H3,(H,28,31);2*1H. The fraction of sp³-hybridized carbons (Fsp3) is 0.458. The molecule has 1 unspecified atom stereocenters. The predicted octanol–water partition coefficient (Wildman–Crippen LogP) is 4.07. The van der Waals surface area contributed by atoms with Gasteiger partial charge in [-0.05, 0) is 49.4 Å². The van der Waals surface area contributed by atoms with Crippen LogP contribution >= 0.6 is 11.3 Å². The minimum atomic E-state index is -0.0632. The topological polar surface area (TPSA) is 78.8 Å². The molecule has 1 aromatic carbocycles. The van der Waals surface area contributed by atoms with E-state index in [1.165, 1.54) is 35.1 Å². The van der Waals surface area contributed by atoms with E-state index in [1.807, 2.05) is 6.07 Å². The maximum absolute atomic E-state index is 11.8. The zero-order valence-electron chi connectivity index (χ0n) is 18.5. The van der Waals surface area contributed by atoms with Gasteiger partial charge in [-0.1, -0.05) is 13.0 Å². The van der Waals surface area contributed by atoms with Crippen LogP contribution in [0.5, 0.6) is 0 Å². The van der Waals surface area contributed by atoms with Crippen LogP contribution < -0.4 is 15.9 Å². The largest absolute Gasteiger partial charge is 0.355 e. The first-order chi connectivity index (χ1) is 15.5. The smallest absolute Gasteiger partial charge is 0.326 e. The Morgan fingerprint density at radius 3 is 3.03 bits per heavy atom. The highest BCUT2D eigenvalue weighted by Gasteiger charge is 2.48. The van der Waals surface area contributed by atoms with Crippen LogP contribution in [0.4, 0.5) is 5.82 Å². The van der Waals surface area contributed by atoms with Gasteiger partial charge in [0, 0.05) is 45.9 Å². The van der Waals surface area contributed by atoms with E-state index in [-0.39, 0.29) is 8.54 Å². The highest BCUT2D eigenvalue weighted by Crippen LogP contribution is 2.48. The number of fused-ring (bicyclic) bond motifs is 2. The number of hydrogen-bond donors (Lipinski definition) is 2. The van der Waals surface area contributed by atoms with Crippen molar-refractivity contribution >= 4 is 38.4 Å². The number of anilines is 1. The fourth-order valence-electron chi connectivity index (χ4n) is 5.56. The van der Waals surface area contributed by atoms with Gasteiger partial charge in [0.25, 0.3) is 0 Å². The average Bonchev–Trinajstić information content (AvgIpc) is 3.47. The molecule has 4 heterocycles. The summed E-state index contributed by atoms with van der Waals surface area (Å²) in [5, 5.41) is 4.98. The van der Waals surface area contributed by atoms with Crippen molar-refractivity contribution in [2.24, 2.45) is 12.5 Å². The van der Waals surface area contributed by atoms with Crippen LogP contribution in [0.25, 0.3) is 21.3 Å². The zero-order valence-corrected chi connectivity index (χ0v) is 19.3. The first-order valence-corrected chi connectivity index (χ1v) is 12.2. The minimum Gasteiger partial charge on any atom is -0.355 e. The maximum atomic E-state index is 11.8. The Morgan fingerprint density at radius 2 is 2.19 bits per heavy atom. The molecule has 170 valence electrons. The van der Waals surface area contributed by atoms with E-state index in [0.29, 0.717) is 11.5 Å². The van der Waals surface area contributed by atoms with Crippen LogP contribution in [0, 0.1) is 5.41 Å². The van der Waals surface area contributed by atoms with Crippen molar-refractivity contribution in [1.29, 1.82) is 0 Å². The molecule has 1 saturated heterocycles. The van der Waals surface area contributed by atoms with E-state index in [9.17, 15) is 4.79 Å². The summed E-state index contributed by atoms with van der Waals surface area (Å²) in [7, 11) is 1.80. The van der Waals surface area contributed by atoms with Crippen LogP contribution in [0.1, 0.15) is 39.5 Å². The Labute approximate surface area is 193 Å². The van der Waals surface area contributed by atoms with Gasteiger partial charge in [-0.15, -0.1) is 11.3 Å². The molecule has 2 fully saturated rings. The summed E-state index contributed by atoms with van der Waals surface area (Å²) in [5.41, 5.74) is 3.41. The van der Waals surface area contributed by atoms with E-state index < -0.39 is 0 Å². The number of aromatic amines is 1. The Bertz CT molecular complexity index is 1370. The number of thiophene rings is 1. The van der Waals surface area contributed by atoms with Crippen molar-refractivity contribution in [3.8, 4) is 0 Å².